The molecule has 5 heteroatoms. The summed E-state index contributed by atoms with van der Waals surface area (Å²) in [5, 5.41) is 0. The van der Waals surface area contributed by atoms with Gasteiger partial charge in [0.05, 0.1) is 0 Å². The third-order valence-electron chi connectivity index (χ3n) is 4.23. The Morgan fingerprint density at radius 3 is 2.07 bits per heavy atom. The number of rotatable bonds is 0. The molecule has 3 aromatic carbocycles. The van der Waals surface area contributed by atoms with Gasteiger partial charge in [-0.25, -0.2) is 16.5 Å². The molecular formula is C22H18Cl2F2Zr-2. The molecule has 0 bridgehead atoms. The number of halogens is 4. The minimum Gasteiger partial charge on any atom is -0.214 e. The Hall–Kier alpha value is -1.02. The molecule has 0 radical (unpaired) electrons. The van der Waals surface area contributed by atoms with Crippen LogP contribution in [0.3, 0.4) is 0 Å². The second-order valence-electron chi connectivity index (χ2n) is 6.11. The van der Waals surface area contributed by atoms with E-state index < -0.39 is 0 Å². The molecule has 0 spiro atoms. The van der Waals surface area contributed by atoms with Crippen molar-refractivity contribution >= 4 is 3.21 Å². The first-order chi connectivity index (χ1) is 12.1. The molecule has 0 amide bonds. The van der Waals surface area contributed by atoms with Gasteiger partial charge in [-0.1, -0.05) is 11.6 Å². The van der Waals surface area contributed by atoms with Crippen LogP contribution in [0.15, 0.2) is 60.7 Å². The Morgan fingerprint density at radius 1 is 0.926 bits per heavy atom. The third-order valence-corrected chi connectivity index (χ3v) is 5.46. The van der Waals surface area contributed by atoms with Crippen molar-refractivity contribution in [2.75, 3.05) is 0 Å². The van der Waals surface area contributed by atoms with Crippen LogP contribution in [0, 0.1) is 17.7 Å². The van der Waals surface area contributed by atoms with Crippen LogP contribution in [0.2, 0.25) is 0 Å². The molecule has 2 aliphatic carbocycles. The van der Waals surface area contributed by atoms with Crippen LogP contribution in [0.1, 0.15) is 30.4 Å². The molecule has 0 unspecified atom stereocenters. The van der Waals surface area contributed by atoms with Crippen molar-refractivity contribution in [3.8, 4) is 11.1 Å². The van der Waals surface area contributed by atoms with Gasteiger partial charge in [0.25, 0.3) is 0 Å². The van der Waals surface area contributed by atoms with Crippen LogP contribution in [-0.4, -0.2) is 3.21 Å². The minimum absolute atomic E-state index is 0. The summed E-state index contributed by atoms with van der Waals surface area (Å²) in [7, 11) is 0. The van der Waals surface area contributed by atoms with Gasteiger partial charge in [0, 0.05) is 5.82 Å². The van der Waals surface area contributed by atoms with Crippen molar-refractivity contribution < 1.29 is 57.8 Å². The van der Waals surface area contributed by atoms with E-state index in [1.807, 2.05) is 30.3 Å². The second kappa shape index (κ2) is 11.7. The molecule has 0 aromatic heterocycles. The number of hydrogen-bond acceptors (Lipinski definition) is 0. The molecule has 0 nitrogen and oxygen atoms in total. The number of hydrogen-bond donors (Lipinski definition) is 0. The molecule has 0 heterocycles. The van der Waals surface area contributed by atoms with Crippen LogP contribution in [0.4, 0.5) is 8.78 Å². The van der Waals surface area contributed by atoms with Crippen molar-refractivity contribution in [2.24, 2.45) is 0 Å². The third kappa shape index (κ3) is 6.82. The molecule has 5 rings (SSSR count). The summed E-state index contributed by atoms with van der Waals surface area (Å²) >= 11 is 1.67. The van der Waals surface area contributed by atoms with Crippen molar-refractivity contribution in [3.05, 3.63) is 89.5 Å². The maximum atomic E-state index is 13.1. The Kier molecular flexibility index (Phi) is 10.4. The van der Waals surface area contributed by atoms with Crippen molar-refractivity contribution in [1.29, 1.82) is 0 Å². The van der Waals surface area contributed by atoms with E-state index in [1.54, 1.807) is 33.5 Å². The van der Waals surface area contributed by atoms with Gasteiger partial charge in [-0.05, 0) is 24.1 Å². The molecule has 1 fully saturated rings. The summed E-state index contributed by atoms with van der Waals surface area (Å²) < 4.78 is 27.9. The first kappa shape index (κ1) is 24.0. The summed E-state index contributed by atoms with van der Waals surface area (Å²) in [6.07, 6.45) is 5.07. The first-order valence-electron chi connectivity index (χ1n) is 8.35. The average molecular weight is 483 g/mol. The molecule has 27 heavy (non-hydrogen) atoms. The van der Waals surface area contributed by atoms with Crippen LogP contribution in [0.25, 0.3) is 11.1 Å². The van der Waals surface area contributed by atoms with E-state index in [0.29, 0.717) is 6.42 Å². The molecule has 0 saturated heterocycles. The van der Waals surface area contributed by atoms with Gasteiger partial charge in [0.2, 0.25) is 0 Å². The predicted molar refractivity (Wildman–Crippen MR) is 94.3 cm³/mol. The fourth-order valence-electron chi connectivity index (χ4n) is 2.71. The van der Waals surface area contributed by atoms with E-state index in [4.69, 9.17) is 0 Å². The van der Waals surface area contributed by atoms with E-state index in [9.17, 15) is 8.78 Å². The number of benzene rings is 2. The fraction of sp³-hybridized carbons (Fsp3) is 0.182. The van der Waals surface area contributed by atoms with E-state index >= 15 is 0 Å². The number of fused-ring (bicyclic) bond motifs is 3. The Labute approximate surface area is 186 Å². The normalized spacial score (nSPS) is 12.5. The molecule has 140 valence electrons. The SMILES string of the molecule is Fc1c[c-]c2c(c1)-c1cc(F)ccc1C2.[Cl-].[Cl-].[Zr+2]=[C]1CCC1.c1cc[cH-]c1. The molecule has 0 N–H and O–H groups in total. The van der Waals surface area contributed by atoms with Crippen LogP contribution >= 0.6 is 0 Å². The van der Waals surface area contributed by atoms with Crippen LogP contribution < -0.4 is 24.8 Å². The molecule has 2 aliphatic rings. The maximum absolute atomic E-state index is 13.1. The zero-order valence-corrected chi connectivity index (χ0v) is 18.6. The maximum Gasteiger partial charge on any atom is -0.172 e. The minimum atomic E-state index is -0.328. The summed E-state index contributed by atoms with van der Waals surface area (Å²) in [5.41, 5.74) is 3.54. The average Bonchev–Trinajstić information content (AvgIpc) is 3.25. The summed E-state index contributed by atoms with van der Waals surface area (Å²) in [4.78, 5) is 0. The fourth-order valence-corrected chi connectivity index (χ4v) is 3.57. The van der Waals surface area contributed by atoms with E-state index in [2.05, 4.69) is 6.07 Å². The van der Waals surface area contributed by atoms with Crippen molar-refractivity contribution in [1.82, 2.24) is 0 Å². The standard InChI is InChI=1S/C13H7F2.C5H5.C4H6.2ClH.Zr/c14-10-3-1-8-5-9-2-4-11(15)7-13(9)12(8)6-10;1-2-4-5-3-1;1-2-4-3-1;;;/h1,3-4,6-7H,5H2;1-5H;1-3H2;2*1H;/q2*-1;;;;+2/p-2. The largest absolute Gasteiger partial charge is 0.214 e. The quantitative estimate of drug-likeness (QED) is 0.301. The van der Waals surface area contributed by atoms with Crippen molar-refractivity contribution in [2.45, 2.75) is 25.7 Å². The zero-order valence-electron chi connectivity index (χ0n) is 14.6. The van der Waals surface area contributed by atoms with Crippen LogP contribution in [-0.2, 0) is 30.7 Å². The van der Waals surface area contributed by atoms with E-state index in [0.717, 1.165) is 22.3 Å². The molecule has 1 saturated carbocycles. The van der Waals surface area contributed by atoms with E-state index in [-0.39, 0.29) is 36.4 Å². The van der Waals surface area contributed by atoms with Gasteiger partial charge in [0.1, 0.15) is 5.82 Å². The first-order valence-corrected chi connectivity index (χ1v) is 9.58. The monoisotopic (exact) mass is 480 g/mol. The Bertz CT molecular complexity index is 788. The van der Waals surface area contributed by atoms with Gasteiger partial charge in [0.15, 0.2) is 0 Å². The summed E-state index contributed by atoms with van der Waals surface area (Å²) in [6.45, 7) is 0. The predicted octanol–water partition coefficient (Wildman–Crippen LogP) is -0.361. The zero-order chi connectivity index (χ0) is 17.6. The Morgan fingerprint density at radius 2 is 1.56 bits per heavy atom. The van der Waals surface area contributed by atoms with Crippen molar-refractivity contribution in [3.63, 3.8) is 0 Å². The van der Waals surface area contributed by atoms with Gasteiger partial charge < -0.3 is 24.8 Å². The molecule has 0 atom stereocenters. The van der Waals surface area contributed by atoms with Gasteiger partial charge in [-0.3, -0.25) is 4.39 Å². The van der Waals surface area contributed by atoms with Gasteiger partial charge in [-0.15, -0.1) is 23.3 Å². The smallest absolute Gasteiger partial charge is 0.172 e. The second-order valence-corrected chi connectivity index (χ2v) is 7.85. The molecule has 0 aliphatic heterocycles. The topological polar surface area (TPSA) is 0 Å². The molecule has 3 aromatic rings. The summed E-state index contributed by atoms with van der Waals surface area (Å²) in [5.74, 6) is -0.614. The van der Waals surface area contributed by atoms with Crippen LogP contribution in [0.5, 0.6) is 0 Å². The Balaban J connectivity index is 0.000000253. The van der Waals surface area contributed by atoms with Gasteiger partial charge in [-0.2, -0.15) is 24.3 Å². The molecular weight excluding hydrogens is 464 g/mol. The van der Waals surface area contributed by atoms with Gasteiger partial charge >= 0.3 is 46.7 Å². The summed E-state index contributed by atoms with van der Waals surface area (Å²) in [6, 6.07) is 20.3. The van der Waals surface area contributed by atoms with E-state index in [1.165, 1.54) is 43.5 Å².